The number of nitriles is 1. The number of benzene rings is 1. The van der Waals surface area contributed by atoms with Crippen molar-refractivity contribution < 1.29 is 9.13 Å². The van der Waals surface area contributed by atoms with Gasteiger partial charge in [0.1, 0.15) is 24.2 Å². The Morgan fingerprint density at radius 3 is 2.80 bits per heavy atom. The molecular weight excluding hydrogens is 281 g/mol. The molecule has 0 aliphatic heterocycles. The highest BCUT2D eigenvalue weighted by molar-refractivity contribution is 6.31. The first-order valence-electron chi connectivity index (χ1n) is 6.09. The van der Waals surface area contributed by atoms with E-state index in [4.69, 9.17) is 21.6 Å². The molecule has 0 amide bonds. The van der Waals surface area contributed by atoms with Gasteiger partial charge in [-0.2, -0.15) is 10.4 Å². The Hall–Kier alpha value is -2.06. The number of nitrogens with zero attached hydrogens (tertiary/aromatic N) is 3. The monoisotopic (exact) mass is 293 g/mol. The molecule has 4 nitrogen and oxygen atoms in total. The molecule has 0 unspecified atom stereocenters. The molecule has 1 heterocycles. The number of hydrogen-bond acceptors (Lipinski definition) is 3. The van der Waals surface area contributed by atoms with Crippen LogP contribution in [0.25, 0.3) is 0 Å². The summed E-state index contributed by atoms with van der Waals surface area (Å²) in [5, 5.41) is 13.5. The van der Waals surface area contributed by atoms with Crippen LogP contribution in [-0.4, -0.2) is 9.78 Å². The Balaban J connectivity index is 2.15. The Bertz CT molecular complexity index is 676. The van der Waals surface area contributed by atoms with E-state index in [-0.39, 0.29) is 12.2 Å². The smallest absolute Gasteiger partial charge is 0.144 e. The van der Waals surface area contributed by atoms with E-state index in [1.807, 2.05) is 6.92 Å². The van der Waals surface area contributed by atoms with Crippen molar-refractivity contribution >= 4 is 11.6 Å². The highest BCUT2D eigenvalue weighted by Crippen LogP contribution is 2.23. The molecule has 1 aromatic carbocycles. The maximum atomic E-state index is 13.4. The highest BCUT2D eigenvalue weighted by atomic mass is 35.5. The van der Waals surface area contributed by atoms with Crippen molar-refractivity contribution in [3.05, 3.63) is 46.0 Å². The molecule has 0 saturated carbocycles. The van der Waals surface area contributed by atoms with Crippen molar-refractivity contribution in [1.29, 1.82) is 5.26 Å². The van der Waals surface area contributed by atoms with Crippen molar-refractivity contribution in [2.24, 2.45) is 7.05 Å². The second-order valence-corrected chi connectivity index (χ2v) is 4.60. The van der Waals surface area contributed by atoms with Gasteiger partial charge in [0.25, 0.3) is 0 Å². The van der Waals surface area contributed by atoms with Gasteiger partial charge in [0.05, 0.1) is 22.0 Å². The quantitative estimate of drug-likeness (QED) is 0.869. The molecule has 0 spiro atoms. The van der Waals surface area contributed by atoms with Crippen LogP contribution in [0.1, 0.15) is 23.9 Å². The van der Waals surface area contributed by atoms with E-state index in [9.17, 15) is 4.39 Å². The first kappa shape index (κ1) is 14.4. The predicted octanol–water partition coefficient (Wildman–Crippen LogP) is 3.23. The van der Waals surface area contributed by atoms with E-state index in [1.165, 1.54) is 12.1 Å². The summed E-state index contributed by atoms with van der Waals surface area (Å²) < 4.78 is 20.6. The SMILES string of the molecule is CCc1nn(C)c(COc2ccc(C#N)c(F)c2)c1Cl. The van der Waals surface area contributed by atoms with E-state index in [0.29, 0.717) is 10.8 Å². The summed E-state index contributed by atoms with van der Waals surface area (Å²) in [5.41, 5.74) is 1.52. The molecule has 104 valence electrons. The van der Waals surface area contributed by atoms with Crippen LogP contribution in [0.15, 0.2) is 18.2 Å². The molecule has 0 radical (unpaired) electrons. The molecule has 2 rings (SSSR count). The van der Waals surface area contributed by atoms with Crippen LogP contribution in [0.3, 0.4) is 0 Å². The maximum Gasteiger partial charge on any atom is 0.144 e. The standard InChI is InChI=1S/C14H13ClFN3O/c1-3-12-14(15)13(19(2)18-12)8-20-10-5-4-9(7-17)11(16)6-10/h4-6H,3,8H2,1-2H3. The molecule has 2 aromatic rings. The second kappa shape index (κ2) is 5.93. The lowest BCUT2D eigenvalue weighted by Gasteiger charge is -2.07. The molecule has 0 aliphatic rings. The van der Waals surface area contributed by atoms with Gasteiger partial charge >= 0.3 is 0 Å². The van der Waals surface area contributed by atoms with Gasteiger partial charge in [0, 0.05) is 13.1 Å². The van der Waals surface area contributed by atoms with Crippen LogP contribution in [0.5, 0.6) is 5.75 Å². The fourth-order valence-electron chi connectivity index (χ4n) is 1.80. The minimum Gasteiger partial charge on any atom is -0.487 e. The normalized spacial score (nSPS) is 10.3. The van der Waals surface area contributed by atoms with Crippen LogP contribution in [0, 0.1) is 17.1 Å². The van der Waals surface area contributed by atoms with Gasteiger partial charge in [-0.3, -0.25) is 4.68 Å². The Kier molecular flexibility index (Phi) is 4.26. The molecule has 0 atom stereocenters. The first-order valence-corrected chi connectivity index (χ1v) is 6.47. The molecule has 0 bridgehead atoms. The predicted molar refractivity (Wildman–Crippen MR) is 73.0 cm³/mol. The molecule has 0 fully saturated rings. The molecule has 0 N–H and O–H groups in total. The summed E-state index contributed by atoms with van der Waals surface area (Å²) in [4.78, 5) is 0. The first-order chi connectivity index (χ1) is 9.56. The van der Waals surface area contributed by atoms with Gasteiger partial charge in [-0.25, -0.2) is 4.39 Å². The Morgan fingerprint density at radius 2 is 2.25 bits per heavy atom. The summed E-state index contributed by atoms with van der Waals surface area (Å²) in [6, 6.07) is 5.87. The zero-order chi connectivity index (χ0) is 14.7. The van der Waals surface area contributed by atoms with Crippen LogP contribution < -0.4 is 4.74 Å². The summed E-state index contributed by atoms with van der Waals surface area (Å²) in [7, 11) is 1.78. The van der Waals surface area contributed by atoms with Crippen LogP contribution in [0.2, 0.25) is 5.02 Å². The highest BCUT2D eigenvalue weighted by Gasteiger charge is 2.13. The lowest BCUT2D eigenvalue weighted by atomic mass is 10.2. The lowest BCUT2D eigenvalue weighted by molar-refractivity contribution is 0.293. The zero-order valence-electron chi connectivity index (χ0n) is 11.2. The van der Waals surface area contributed by atoms with Gasteiger partial charge in [-0.1, -0.05) is 18.5 Å². The fourth-order valence-corrected chi connectivity index (χ4v) is 2.15. The van der Waals surface area contributed by atoms with Crippen molar-refractivity contribution in [3.63, 3.8) is 0 Å². The fraction of sp³-hybridized carbons (Fsp3) is 0.286. The average molecular weight is 294 g/mol. The van der Waals surface area contributed by atoms with Crippen molar-refractivity contribution in [1.82, 2.24) is 9.78 Å². The topological polar surface area (TPSA) is 50.8 Å². The van der Waals surface area contributed by atoms with Gasteiger partial charge < -0.3 is 4.74 Å². The molecule has 1 aromatic heterocycles. The third-order valence-electron chi connectivity index (χ3n) is 2.94. The minimum atomic E-state index is -0.602. The summed E-state index contributed by atoms with van der Waals surface area (Å²) in [6.45, 7) is 2.16. The summed E-state index contributed by atoms with van der Waals surface area (Å²) >= 11 is 6.19. The molecule has 0 aliphatic carbocycles. The van der Waals surface area contributed by atoms with Gasteiger partial charge in [-0.05, 0) is 18.6 Å². The Morgan fingerprint density at radius 1 is 1.50 bits per heavy atom. The number of ether oxygens (including phenoxy) is 1. The van der Waals surface area contributed by atoms with Gasteiger partial charge in [0.15, 0.2) is 0 Å². The van der Waals surface area contributed by atoms with Crippen LogP contribution in [-0.2, 0) is 20.1 Å². The minimum absolute atomic E-state index is 0.0100. The van der Waals surface area contributed by atoms with Crippen LogP contribution in [0.4, 0.5) is 4.39 Å². The third-order valence-corrected chi connectivity index (χ3v) is 3.38. The van der Waals surface area contributed by atoms with E-state index < -0.39 is 5.82 Å². The molecule has 20 heavy (non-hydrogen) atoms. The number of aryl methyl sites for hydroxylation is 2. The average Bonchev–Trinajstić information content (AvgIpc) is 2.71. The third kappa shape index (κ3) is 2.75. The van der Waals surface area contributed by atoms with Crippen molar-refractivity contribution in [2.45, 2.75) is 20.0 Å². The zero-order valence-corrected chi connectivity index (χ0v) is 11.9. The molecule has 6 heteroatoms. The lowest BCUT2D eigenvalue weighted by Crippen LogP contribution is -2.04. The van der Waals surface area contributed by atoms with E-state index in [1.54, 1.807) is 23.9 Å². The Labute approximate surface area is 121 Å². The summed E-state index contributed by atoms with van der Waals surface area (Å²) in [5.74, 6) is -0.257. The summed E-state index contributed by atoms with van der Waals surface area (Å²) in [6.07, 6.45) is 0.734. The van der Waals surface area contributed by atoms with E-state index in [2.05, 4.69) is 5.10 Å². The number of aromatic nitrogens is 2. The van der Waals surface area contributed by atoms with Gasteiger partial charge in [0.2, 0.25) is 0 Å². The number of halogens is 2. The number of hydrogen-bond donors (Lipinski definition) is 0. The largest absolute Gasteiger partial charge is 0.487 e. The van der Waals surface area contributed by atoms with E-state index >= 15 is 0 Å². The molecular formula is C14H13ClFN3O. The van der Waals surface area contributed by atoms with E-state index in [0.717, 1.165) is 17.8 Å². The molecule has 0 saturated heterocycles. The van der Waals surface area contributed by atoms with Crippen molar-refractivity contribution in [2.75, 3.05) is 0 Å². The second-order valence-electron chi connectivity index (χ2n) is 4.23. The van der Waals surface area contributed by atoms with Gasteiger partial charge in [-0.15, -0.1) is 0 Å². The van der Waals surface area contributed by atoms with Crippen LogP contribution >= 0.6 is 11.6 Å². The van der Waals surface area contributed by atoms with Crippen molar-refractivity contribution in [3.8, 4) is 11.8 Å². The number of rotatable bonds is 4. The maximum absolute atomic E-state index is 13.4.